The van der Waals surface area contributed by atoms with Gasteiger partial charge in [0.2, 0.25) is 0 Å². The Morgan fingerprint density at radius 3 is 1.32 bits per heavy atom. The van der Waals surface area contributed by atoms with Crippen molar-refractivity contribution in [3.63, 3.8) is 0 Å². The van der Waals surface area contributed by atoms with Gasteiger partial charge in [-0.3, -0.25) is 15.0 Å². The van der Waals surface area contributed by atoms with Crippen LogP contribution >= 0.6 is 0 Å². The molecule has 0 N–H and O–H groups in total. The molecule has 34 heavy (non-hydrogen) atoms. The minimum absolute atomic E-state index is 0.854. The van der Waals surface area contributed by atoms with E-state index in [1.807, 2.05) is 76.5 Å². The smallest absolute Gasteiger partial charge is 0.0346 e. The molecule has 0 aliphatic heterocycles. The van der Waals surface area contributed by atoms with Crippen molar-refractivity contribution >= 4 is 22.3 Å². The first-order valence-electron chi connectivity index (χ1n) is 11.4. The minimum Gasteiger partial charge on any atom is -0.264 e. The van der Waals surface area contributed by atoms with Gasteiger partial charge >= 0.3 is 0 Å². The van der Waals surface area contributed by atoms with E-state index < -0.39 is 0 Å². The molecule has 3 aromatic rings. The standard InChI is InChI=1S/C27H23N3.2C2H6/c1-5-22(13-20(3)24-9-7-11-28-16-24)26-15-27(19-30-18-26)23(6-2)14-21(4)25-10-8-12-29-17-25;2*1-2/h5-19H,1-4H2;2*1-2H3/b22-13+,23-14+;;. The Morgan fingerprint density at radius 2 is 1.00 bits per heavy atom. The lowest BCUT2D eigenvalue weighted by atomic mass is 9.97. The van der Waals surface area contributed by atoms with Gasteiger partial charge in [-0.05, 0) is 63.8 Å². The second-order valence-electron chi connectivity index (χ2n) is 6.60. The molecule has 0 atom stereocenters. The highest BCUT2D eigenvalue weighted by Crippen LogP contribution is 2.26. The van der Waals surface area contributed by atoms with E-state index in [4.69, 9.17) is 0 Å². The lowest BCUT2D eigenvalue weighted by Crippen LogP contribution is -1.91. The van der Waals surface area contributed by atoms with E-state index >= 15 is 0 Å². The fraction of sp³-hybridized carbons (Fsp3) is 0.129. The Labute approximate surface area is 205 Å². The van der Waals surface area contributed by atoms with Gasteiger partial charge < -0.3 is 0 Å². The molecule has 0 spiro atoms. The number of hydrogen-bond acceptors (Lipinski definition) is 3. The average Bonchev–Trinajstić information content (AvgIpc) is 2.93. The summed E-state index contributed by atoms with van der Waals surface area (Å²) in [7, 11) is 0. The summed E-state index contributed by atoms with van der Waals surface area (Å²) in [4.78, 5) is 12.7. The van der Waals surface area contributed by atoms with Crippen LogP contribution in [-0.4, -0.2) is 15.0 Å². The van der Waals surface area contributed by atoms with Crippen LogP contribution in [-0.2, 0) is 0 Å². The van der Waals surface area contributed by atoms with Crippen LogP contribution in [0, 0.1) is 0 Å². The quantitative estimate of drug-likeness (QED) is 0.324. The summed E-state index contributed by atoms with van der Waals surface area (Å²) in [5, 5.41) is 0. The number of hydrogen-bond donors (Lipinski definition) is 0. The molecule has 0 fully saturated rings. The molecule has 0 unspecified atom stereocenters. The zero-order chi connectivity index (χ0) is 25.3. The van der Waals surface area contributed by atoms with Crippen LogP contribution in [0.3, 0.4) is 0 Å². The number of pyridine rings is 3. The Balaban J connectivity index is 0.00000137. The number of nitrogens with zero attached hydrogens (tertiary/aromatic N) is 3. The van der Waals surface area contributed by atoms with Gasteiger partial charge in [0.25, 0.3) is 0 Å². The fourth-order valence-electron chi connectivity index (χ4n) is 2.92. The molecule has 0 aromatic carbocycles. The molecule has 0 aliphatic rings. The van der Waals surface area contributed by atoms with Crippen LogP contribution in [0.15, 0.2) is 118 Å². The molecular weight excluding hydrogens is 414 g/mol. The summed E-state index contributed by atoms with van der Waals surface area (Å²) in [6.07, 6.45) is 18.2. The van der Waals surface area contributed by atoms with Crippen molar-refractivity contribution in [3.8, 4) is 0 Å². The third-order valence-corrected chi connectivity index (χ3v) is 4.57. The van der Waals surface area contributed by atoms with Gasteiger partial charge in [-0.1, -0.05) is 78.3 Å². The Hall–Kier alpha value is -4.11. The van der Waals surface area contributed by atoms with Crippen LogP contribution in [0.4, 0.5) is 0 Å². The zero-order valence-corrected chi connectivity index (χ0v) is 20.8. The highest BCUT2D eigenvalue weighted by molar-refractivity contribution is 5.89. The van der Waals surface area contributed by atoms with E-state index in [9.17, 15) is 0 Å². The number of rotatable bonds is 8. The third-order valence-electron chi connectivity index (χ3n) is 4.57. The van der Waals surface area contributed by atoms with Crippen molar-refractivity contribution in [2.24, 2.45) is 0 Å². The Kier molecular flexibility index (Phi) is 12.9. The summed E-state index contributed by atoms with van der Waals surface area (Å²) in [5.41, 5.74) is 7.35. The van der Waals surface area contributed by atoms with Gasteiger partial charge in [-0.2, -0.15) is 0 Å². The lowest BCUT2D eigenvalue weighted by Gasteiger charge is -2.09. The molecule has 3 heteroatoms. The Bertz CT molecular complexity index is 1050. The first kappa shape index (κ1) is 27.9. The van der Waals surface area contributed by atoms with Crippen molar-refractivity contribution in [1.29, 1.82) is 0 Å². The SMILES string of the molecule is C=C/C(=C\C(=C)c1cccnc1)c1cncc(/C(C=C)=C/C(=C)c2cccnc2)c1.CC.CC. The molecule has 3 rings (SSSR count). The van der Waals surface area contributed by atoms with Crippen LogP contribution in [0.2, 0.25) is 0 Å². The summed E-state index contributed by atoms with van der Waals surface area (Å²) in [6, 6.07) is 9.79. The third kappa shape index (κ3) is 8.10. The van der Waals surface area contributed by atoms with Crippen LogP contribution in [0.1, 0.15) is 49.9 Å². The zero-order valence-electron chi connectivity index (χ0n) is 20.8. The van der Waals surface area contributed by atoms with Crippen molar-refractivity contribution in [1.82, 2.24) is 15.0 Å². The van der Waals surface area contributed by atoms with Crippen molar-refractivity contribution < 1.29 is 0 Å². The minimum atomic E-state index is 0.854. The predicted molar refractivity (Wildman–Crippen MR) is 150 cm³/mol. The highest BCUT2D eigenvalue weighted by atomic mass is 14.6. The van der Waals surface area contributed by atoms with Crippen molar-refractivity contribution in [2.45, 2.75) is 27.7 Å². The van der Waals surface area contributed by atoms with Gasteiger partial charge in [0, 0.05) is 48.3 Å². The van der Waals surface area contributed by atoms with Crippen LogP contribution in [0.5, 0.6) is 0 Å². The number of aromatic nitrogens is 3. The topological polar surface area (TPSA) is 38.7 Å². The van der Waals surface area contributed by atoms with E-state index in [1.54, 1.807) is 36.9 Å². The molecule has 0 saturated carbocycles. The van der Waals surface area contributed by atoms with Gasteiger partial charge in [0.15, 0.2) is 0 Å². The summed E-state index contributed by atoms with van der Waals surface area (Å²) >= 11 is 0. The molecule has 0 aliphatic carbocycles. The van der Waals surface area contributed by atoms with Crippen molar-refractivity contribution in [2.75, 3.05) is 0 Å². The lowest BCUT2D eigenvalue weighted by molar-refractivity contribution is 1.29. The average molecular weight is 450 g/mol. The molecule has 0 saturated heterocycles. The van der Waals surface area contributed by atoms with E-state index in [2.05, 4.69) is 47.3 Å². The molecule has 0 bridgehead atoms. The van der Waals surface area contributed by atoms with Gasteiger partial charge in [0.05, 0.1) is 0 Å². The second-order valence-corrected chi connectivity index (χ2v) is 6.60. The molecule has 3 aromatic heterocycles. The van der Waals surface area contributed by atoms with E-state index in [1.165, 1.54) is 0 Å². The number of allylic oxidation sites excluding steroid dienone is 8. The van der Waals surface area contributed by atoms with E-state index in [-0.39, 0.29) is 0 Å². The highest BCUT2D eigenvalue weighted by Gasteiger charge is 2.06. The van der Waals surface area contributed by atoms with Crippen molar-refractivity contribution in [3.05, 3.63) is 140 Å². The molecular formula is C31H35N3. The fourth-order valence-corrected chi connectivity index (χ4v) is 2.92. The second kappa shape index (κ2) is 15.7. The molecule has 3 nitrogen and oxygen atoms in total. The largest absolute Gasteiger partial charge is 0.264 e. The maximum absolute atomic E-state index is 4.42. The van der Waals surface area contributed by atoms with Crippen LogP contribution < -0.4 is 0 Å². The predicted octanol–water partition coefficient (Wildman–Crippen LogP) is 8.49. The molecule has 174 valence electrons. The first-order valence-corrected chi connectivity index (χ1v) is 11.4. The van der Waals surface area contributed by atoms with E-state index in [0.29, 0.717) is 0 Å². The van der Waals surface area contributed by atoms with Gasteiger partial charge in [0.1, 0.15) is 0 Å². The molecule has 3 heterocycles. The van der Waals surface area contributed by atoms with Gasteiger partial charge in [-0.25, -0.2) is 0 Å². The maximum Gasteiger partial charge on any atom is 0.0346 e. The van der Waals surface area contributed by atoms with Crippen LogP contribution in [0.25, 0.3) is 22.3 Å². The molecule has 0 amide bonds. The summed E-state index contributed by atoms with van der Waals surface area (Å²) in [6.45, 7) is 24.2. The summed E-state index contributed by atoms with van der Waals surface area (Å²) in [5.74, 6) is 0. The first-order chi connectivity index (χ1) is 16.6. The monoisotopic (exact) mass is 449 g/mol. The normalized spacial score (nSPS) is 10.6. The Morgan fingerprint density at radius 1 is 0.618 bits per heavy atom. The summed E-state index contributed by atoms with van der Waals surface area (Å²) < 4.78 is 0. The van der Waals surface area contributed by atoms with Gasteiger partial charge in [-0.15, -0.1) is 0 Å². The van der Waals surface area contributed by atoms with E-state index in [0.717, 1.165) is 44.5 Å². The maximum atomic E-state index is 4.42. The molecule has 0 radical (unpaired) electrons.